The van der Waals surface area contributed by atoms with Crippen LogP contribution in [-0.4, -0.2) is 10.1 Å². The predicted molar refractivity (Wildman–Crippen MR) is 68.8 cm³/mol. The molecule has 1 aromatic carbocycles. The monoisotopic (exact) mass is 245 g/mol. The minimum Gasteiger partial charge on any atom is -0.382 e. The highest BCUT2D eigenvalue weighted by atomic mass is 19.1. The molecule has 1 aromatic heterocycles. The summed E-state index contributed by atoms with van der Waals surface area (Å²) in [4.78, 5) is 4.21. The number of aryl methyl sites for hydroxylation is 2. The quantitative estimate of drug-likeness (QED) is 0.901. The van der Waals surface area contributed by atoms with Gasteiger partial charge in [-0.15, -0.1) is 0 Å². The lowest BCUT2D eigenvalue weighted by Crippen LogP contribution is -2.06. The maximum atomic E-state index is 13.5. The van der Waals surface area contributed by atoms with E-state index in [-0.39, 0.29) is 5.82 Å². The molecule has 0 spiro atoms. The molecule has 2 rings (SSSR count). The van der Waals surface area contributed by atoms with Crippen LogP contribution in [0, 0.1) is 12.7 Å². The number of rotatable bonds is 3. The number of halogens is 1. The zero-order chi connectivity index (χ0) is 13.1. The second-order valence-electron chi connectivity index (χ2n) is 4.31. The summed E-state index contributed by atoms with van der Waals surface area (Å²) in [6.07, 6.45) is 1.55. The second kappa shape index (κ2) is 5.27. The van der Waals surface area contributed by atoms with Gasteiger partial charge in [-0.1, -0.05) is 25.1 Å². The molecule has 0 radical (unpaired) electrons. The van der Waals surface area contributed by atoms with Gasteiger partial charge in [0.05, 0.1) is 5.69 Å². The van der Waals surface area contributed by atoms with Gasteiger partial charge in [-0.2, -0.15) is 0 Å². The zero-order valence-corrected chi connectivity index (χ0v) is 10.5. The number of aromatic nitrogens is 1. The number of benzene rings is 1. The van der Waals surface area contributed by atoms with Crippen molar-refractivity contribution in [2.45, 2.75) is 26.4 Å². The van der Waals surface area contributed by atoms with Gasteiger partial charge in [-0.05, 0) is 42.2 Å². The van der Waals surface area contributed by atoms with Crippen LogP contribution in [0.3, 0.4) is 0 Å². The van der Waals surface area contributed by atoms with Crippen LogP contribution in [0.1, 0.15) is 35.4 Å². The number of aliphatic hydroxyl groups is 1. The zero-order valence-electron chi connectivity index (χ0n) is 10.5. The van der Waals surface area contributed by atoms with Crippen molar-refractivity contribution in [3.05, 3.63) is 64.7 Å². The Morgan fingerprint density at radius 1 is 1.33 bits per heavy atom. The van der Waals surface area contributed by atoms with E-state index in [1.807, 2.05) is 19.1 Å². The topological polar surface area (TPSA) is 33.1 Å². The number of aliphatic hydroxyl groups excluding tert-OH is 1. The summed E-state index contributed by atoms with van der Waals surface area (Å²) in [6.45, 7) is 3.70. The summed E-state index contributed by atoms with van der Waals surface area (Å²) >= 11 is 0. The Labute approximate surface area is 106 Å². The lowest BCUT2D eigenvalue weighted by Gasteiger charge is -2.14. The predicted octanol–water partition coefficient (Wildman–Crippen LogP) is 3.17. The summed E-state index contributed by atoms with van der Waals surface area (Å²) in [6, 6.07) is 8.54. The van der Waals surface area contributed by atoms with Gasteiger partial charge in [-0.3, -0.25) is 4.98 Å². The fourth-order valence-electron chi connectivity index (χ4n) is 1.93. The number of hydrogen-bond donors (Lipinski definition) is 1. The van der Waals surface area contributed by atoms with Crippen LogP contribution in [0.5, 0.6) is 0 Å². The maximum absolute atomic E-state index is 13.5. The van der Waals surface area contributed by atoms with Crippen molar-refractivity contribution in [2.24, 2.45) is 0 Å². The van der Waals surface area contributed by atoms with Crippen LogP contribution >= 0.6 is 0 Å². The molecular weight excluding hydrogens is 229 g/mol. The Morgan fingerprint density at radius 2 is 2.11 bits per heavy atom. The molecule has 0 saturated heterocycles. The Kier molecular flexibility index (Phi) is 3.72. The lowest BCUT2D eigenvalue weighted by atomic mass is 10.00. The summed E-state index contributed by atoms with van der Waals surface area (Å²) in [5, 5.41) is 10.3. The highest BCUT2D eigenvalue weighted by Crippen LogP contribution is 2.24. The highest BCUT2D eigenvalue weighted by molar-refractivity contribution is 5.33. The molecule has 1 atom stereocenters. The van der Waals surface area contributed by atoms with Gasteiger partial charge in [0.25, 0.3) is 0 Å². The van der Waals surface area contributed by atoms with E-state index in [0.29, 0.717) is 16.8 Å². The Bertz CT molecular complexity index is 554. The van der Waals surface area contributed by atoms with Crippen molar-refractivity contribution >= 4 is 0 Å². The normalized spacial score (nSPS) is 12.4. The molecular formula is C15H16FNO. The number of pyridine rings is 1. The third-order valence-electron chi connectivity index (χ3n) is 3.08. The smallest absolute Gasteiger partial charge is 0.126 e. The fourth-order valence-corrected chi connectivity index (χ4v) is 1.93. The van der Waals surface area contributed by atoms with Crippen LogP contribution in [0.15, 0.2) is 36.5 Å². The van der Waals surface area contributed by atoms with Gasteiger partial charge >= 0.3 is 0 Å². The Morgan fingerprint density at radius 3 is 2.78 bits per heavy atom. The van der Waals surface area contributed by atoms with Crippen LogP contribution < -0.4 is 0 Å². The molecule has 18 heavy (non-hydrogen) atoms. The average Bonchev–Trinajstić information content (AvgIpc) is 2.41. The third-order valence-corrected chi connectivity index (χ3v) is 3.08. The van der Waals surface area contributed by atoms with E-state index >= 15 is 0 Å². The first-order valence-corrected chi connectivity index (χ1v) is 6.01. The average molecular weight is 245 g/mol. The minimum absolute atomic E-state index is 0.305. The Hall–Kier alpha value is -1.74. The molecule has 2 aromatic rings. The van der Waals surface area contributed by atoms with Gasteiger partial charge < -0.3 is 5.11 Å². The first-order chi connectivity index (χ1) is 8.63. The van der Waals surface area contributed by atoms with Gasteiger partial charge in [0, 0.05) is 6.20 Å². The van der Waals surface area contributed by atoms with Gasteiger partial charge in [0.2, 0.25) is 0 Å². The molecule has 0 aliphatic heterocycles. The fraction of sp³-hybridized carbons (Fsp3) is 0.267. The molecule has 0 amide bonds. The Balaban J connectivity index is 2.41. The van der Waals surface area contributed by atoms with Crippen molar-refractivity contribution in [3.63, 3.8) is 0 Å². The second-order valence-corrected chi connectivity index (χ2v) is 4.31. The van der Waals surface area contributed by atoms with Gasteiger partial charge in [-0.25, -0.2) is 4.39 Å². The highest BCUT2D eigenvalue weighted by Gasteiger charge is 2.16. The van der Waals surface area contributed by atoms with Crippen LogP contribution in [0.2, 0.25) is 0 Å². The van der Waals surface area contributed by atoms with Crippen molar-refractivity contribution in [2.75, 3.05) is 0 Å². The van der Waals surface area contributed by atoms with E-state index in [9.17, 15) is 9.50 Å². The van der Waals surface area contributed by atoms with Crippen molar-refractivity contribution in [1.82, 2.24) is 4.98 Å². The largest absolute Gasteiger partial charge is 0.382 e. The molecule has 2 nitrogen and oxygen atoms in total. The molecule has 1 heterocycles. The van der Waals surface area contributed by atoms with Crippen molar-refractivity contribution < 1.29 is 9.50 Å². The molecule has 0 aliphatic rings. The summed E-state index contributed by atoms with van der Waals surface area (Å²) in [7, 11) is 0. The number of hydrogen-bond acceptors (Lipinski definition) is 2. The number of nitrogens with zero attached hydrogens (tertiary/aromatic N) is 1. The minimum atomic E-state index is -0.878. The molecule has 94 valence electrons. The van der Waals surface area contributed by atoms with E-state index in [2.05, 4.69) is 4.98 Å². The van der Waals surface area contributed by atoms with Crippen LogP contribution in [0.4, 0.5) is 4.39 Å². The first kappa shape index (κ1) is 12.7. The lowest BCUT2D eigenvalue weighted by molar-refractivity contribution is 0.213. The summed E-state index contributed by atoms with van der Waals surface area (Å²) < 4.78 is 13.5. The molecule has 0 aliphatic carbocycles. The van der Waals surface area contributed by atoms with Crippen molar-refractivity contribution in [3.8, 4) is 0 Å². The molecule has 1 unspecified atom stereocenters. The van der Waals surface area contributed by atoms with Gasteiger partial charge in [0.15, 0.2) is 0 Å². The van der Waals surface area contributed by atoms with Crippen molar-refractivity contribution in [1.29, 1.82) is 0 Å². The SMILES string of the molecule is CCc1cccnc1C(O)c1ccc(C)c(F)c1. The van der Waals surface area contributed by atoms with E-state index in [0.717, 1.165) is 12.0 Å². The van der Waals surface area contributed by atoms with E-state index in [1.54, 1.807) is 25.3 Å². The molecule has 0 saturated carbocycles. The maximum Gasteiger partial charge on any atom is 0.126 e. The van der Waals surface area contributed by atoms with Crippen LogP contribution in [-0.2, 0) is 6.42 Å². The van der Waals surface area contributed by atoms with Crippen LogP contribution in [0.25, 0.3) is 0 Å². The van der Waals surface area contributed by atoms with E-state index in [1.165, 1.54) is 6.07 Å². The van der Waals surface area contributed by atoms with E-state index in [4.69, 9.17) is 0 Å². The summed E-state index contributed by atoms with van der Waals surface area (Å²) in [5.74, 6) is -0.305. The third kappa shape index (κ3) is 2.41. The standard InChI is InChI=1S/C15H16FNO/c1-3-11-5-4-8-17-14(11)15(18)12-7-6-10(2)13(16)9-12/h4-9,15,18H,3H2,1-2H3. The summed E-state index contributed by atoms with van der Waals surface area (Å²) in [5.41, 5.74) is 2.68. The van der Waals surface area contributed by atoms with E-state index < -0.39 is 6.10 Å². The molecule has 1 N–H and O–H groups in total. The molecule has 0 fully saturated rings. The molecule has 0 bridgehead atoms. The van der Waals surface area contributed by atoms with Gasteiger partial charge in [0.1, 0.15) is 11.9 Å². The molecule has 3 heteroatoms. The first-order valence-electron chi connectivity index (χ1n) is 6.01.